The highest BCUT2D eigenvalue weighted by Gasteiger charge is 2.26. The number of rotatable bonds is 5. The number of aromatic nitrogens is 2. The number of carbonyl (C=O) groups is 1. The molecule has 0 unspecified atom stereocenters. The van der Waals surface area contributed by atoms with Crippen molar-refractivity contribution in [2.45, 2.75) is 26.3 Å². The zero-order valence-corrected chi connectivity index (χ0v) is 12.6. The smallest absolute Gasteiger partial charge is 0.270 e. The Hall–Kier alpha value is -1.95. The van der Waals surface area contributed by atoms with Crippen LogP contribution in [0.3, 0.4) is 0 Å². The first-order chi connectivity index (χ1) is 9.53. The molecule has 0 aliphatic heterocycles. The summed E-state index contributed by atoms with van der Waals surface area (Å²) >= 11 is 1.52. The predicted molar refractivity (Wildman–Crippen MR) is 81.0 cm³/mol. The molecule has 0 radical (unpaired) electrons. The summed E-state index contributed by atoms with van der Waals surface area (Å²) in [5.74, 6) is -0.204. The van der Waals surface area contributed by atoms with Gasteiger partial charge in [-0.2, -0.15) is 0 Å². The van der Waals surface area contributed by atoms with Crippen LogP contribution in [0.5, 0.6) is 0 Å². The summed E-state index contributed by atoms with van der Waals surface area (Å²) in [6, 6.07) is 3.59. The molecule has 0 bridgehead atoms. The van der Waals surface area contributed by atoms with Crippen molar-refractivity contribution in [2.75, 3.05) is 11.9 Å². The maximum absolute atomic E-state index is 12.3. The molecule has 0 atom stereocenters. The maximum atomic E-state index is 12.3. The second-order valence-electron chi connectivity index (χ2n) is 4.88. The highest BCUT2D eigenvalue weighted by Crippen LogP contribution is 2.22. The van der Waals surface area contributed by atoms with Crippen LogP contribution in [-0.2, 0) is 5.54 Å². The lowest BCUT2D eigenvalue weighted by Crippen LogP contribution is -2.41. The van der Waals surface area contributed by atoms with E-state index in [1.807, 2.05) is 32.2 Å². The number of thiazole rings is 1. The second-order valence-corrected chi connectivity index (χ2v) is 5.77. The van der Waals surface area contributed by atoms with Crippen molar-refractivity contribution >= 4 is 22.9 Å². The van der Waals surface area contributed by atoms with Crippen LogP contribution in [0.15, 0.2) is 29.9 Å². The first-order valence-corrected chi connectivity index (χ1v) is 7.33. The van der Waals surface area contributed by atoms with Crippen molar-refractivity contribution in [1.82, 2.24) is 15.3 Å². The predicted octanol–water partition coefficient (Wildman–Crippen LogP) is 2.64. The molecule has 6 heteroatoms. The maximum Gasteiger partial charge on any atom is 0.270 e. The summed E-state index contributed by atoms with van der Waals surface area (Å²) in [4.78, 5) is 20.7. The topological polar surface area (TPSA) is 66.9 Å². The molecular formula is C14H18N4OS. The molecule has 2 N–H and O–H groups in total. The largest absolute Gasteiger partial charge is 0.385 e. The van der Waals surface area contributed by atoms with Gasteiger partial charge in [0.25, 0.3) is 5.91 Å². The molecule has 2 rings (SSSR count). The van der Waals surface area contributed by atoms with Crippen LogP contribution in [0.2, 0.25) is 0 Å². The monoisotopic (exact) mass is 290 g/mol. The molecule has 1 amide bonds. The number of anilines is 1. The minimum Gasteiger partial charge on any atom is -0.385 e. The molecule has 2 aromatic heterocycles. The second kappa shape index (κ2) is 6.00. The number of hydrogen-bond donors (Lipinski definition) is 2. The average molecular weight is 290 g/mol. The van der Waals surface area contributed by atoms with Crippen LogP contribution in [0.1, 0.15) is 36.3 Å². The van der Waals surface area contributed by atoms with Crippen LogP contribution in [0, 0.1) is 0 Å². The Labute approximate surface area is 122 Å². The molecule has 0 aliphatic carbocycles. The van der Waals surface area contributed by atoms with E-state index < -0.39 is 5.54 Å². The van der Waals surface area contributed by atoms with Crippen molar-refractivity contribution in [3.63, 3.8) is 0 Å². The zero-order chi connectivity index (χ0) is 14.6. The Balaban J connectivity index is 2.14. The number of nitrogens with zero attached hydrogens (tertiary/aromatic N) is 2. The lowest BCUT2D eigenvalue weighted by molar-refractivity contribution is 0.0907. The molecule has 0 saturated carbocycles. The van der Waals surface area contributed by atoms with Crippen LogP contribution in [0.25, 0.3) is 0 Å². The van der Waals surface area contributed by atoms with Gasteiger partial charge in [0.1, 0.15) is 10.7 Å². The molecule has 106 valence electrons. The number of pyridine rings is 1. The van der Waals surface area contributed by atoms with Gasteiger partial charge in [-0.25, -0.2) is 4.98 Å². The number of nitrogens with one attached hydrogen (secondary N) is 2. The summed E-state index contributed by atoms with van der Waals surface area (Å²) in [7, 11) is 0. The van der Waals surface area contributed by atoms with Gasteiger partial charge in [0.2, 0.25) is 0 Å². The summed E-state index contributed by atoms with van der Waals surface area (Å²) in [6.45, 7) is 6.66. The van der Waals surface area contributed by atoms with Crippen LogP contribution < -0.4 is 10.6 Å². The molecule has 0 fully saturated rings. The number of carbonyl (C=O) groups excluding carboxylic acids is 1. The lowest BCUT2D eigenvalue weighted by atomic mass is 10.1. The fourth-order valence-electron chi connectivity index (χ4n) is 1.80. The number of amides is 1. The molecule has 0 spiro atoms. The third-order valence-corrected chi connectivity index (χ3v) is 3.86. The fraction of sp³-hybridized carbons (Fsp3) is 0.357. The summed E-state index contributed by atoms with van der Waals surface area (Å²) in [5, 5.41) is 8.89. The Morgan fingerprint density at radius 3 is 2.80 bits per heavy atom. The van der Waals surface area contributed by atoms with Crippen LogP contribution in [-0.4, -0.2) is 22.4 Å². The summed E-state index contributed by atoms with van der Waals surface area (Å²) < 4.78 is 0. The third kappa shape index (κ3) is 3.33. The summed E-state index contributed by atoms with van der Waals surface area (Å²) in [5.41, 5.74) is 0.772. The average Bonchev–Trinajstić information content (AvgIpc) is 2.93. The minimum atomic E-state index is -0.513. The van der Waals surface area contributed by atoms with E-state index in [1.165, 1.54) is 11.3 Å². The molecule has 2 aromatic rings. The highest BCUT2D eigenvalue weighted by atomic mass is 32.1. The van der Waals surface area contributed by atoms with Gasteiger partial charge >= 0.3 is 0 Å². The highest BCUT2D eigenvalue weighted by molar-refractivity contribution is 7.09. The van der Waals surface area contributed by atoms with Gasteiger partial charge in [-0.1, -0.05) is 0 Å². The molecule has 5 nitrogen and oxygen atoms in total. The van der Waals surface area contributed by atoms with E-state index in [-0.39, 0.29) is 5.91 Å². The van der Waals surface area contributed by atoms with E-state index >= 15 is 0 Å². The van der Waals surface area contributed by atoms with Gasteiger partial charge < -0.3 is 10.6 Å². The third-order valence-electron chi connectivity index (χ3n) is 2.77. The van der Waals surface area contributed by atoms with E-state index in [0.717, 1.165) is 17.2 Å². The van der Waals surface area contributed by atoms with Crippen molar-refractivity contribution in [3.8, 4) is 0 Å². The molecule has 20 heavy (non-hydrogen) atoms. The molecule has 0 aliphatic rings. The van der Waals surface area contributed by atoms with Crippen molar-refractivity contribution in [1.29, 1.82) is 0 Å². The lowest BCUT2D eigenvalue weighted by Gasteiger charge is -2.23. The van der Waals surface area contributed by atoms with E-state index in [0.29, 0.717) is 5.69 Å². The number of hydrogen-bond acceptors (Lipinski definition) is 5. The van der Waals surface area contributed by atoms with Gasteiger partial charge in [0.05, 0.1) is 5.54 Å². The summed E-state index contributed by atoms with van der Waals surface area (Å²) in [6.07, 6.45) is 3.36. The Morgan fingerprint density at radius 1 is 1.35 bits per heavy atom. The zero-order valence-electron chi connectivity index (χ0n) is 11.8. The molecule has 0 aromatic carbocycles. The van der Waals surface area contributed by atoms with Crippen LogP contribution in [0.4, 0.5) is 5.69 Å². The standard InChI is InChI=1S/C14H18N4OS/c1-4-15-10-5-6-16-11(9-10)12(19)18-14(2,3)13-17-7-8-20-13/h5-9H,4H2,1-3H3,(H,15,16)(H,18,19). The van der Waals surface area contributed by atoms with E-state index in [1.54, 1.807) is 18.5 Å². The fourth-order valence-corrected chi connectivity index (χ4v) is 2.52. The SMILES string of the molecule is CCNc1ccnc(C(=O)NC(C)(C)c2nccs2)c1. The molecule has 0 saturated heterocycles. The van der Waals surface area contributed by atoms with Crippen molar-refractivity contribution in [3.05, 3.63) is 40.6 Å². The van der Waals surface area contributed by atoms with Gasteiger partial charge in [0, 0.05) is 30.0 Å². The Morgan fingerprint density at radius 2 is 2.15 bits per heavy atom. The minimum absolute atomic E-state index is 0.204. The van der Waals surface area contributed by atoms with Crippen molar-refractivity contribution in [2.24, 2.45) is 0 Å². The van der Waals surface area contributed by atoms with Crippen molar-refractivity contribution < 1.29 is 4.79 Å². The first kappa shape index (κ1) is 14.5. The normalized spacial score (nSPS) is 11.2. The quantitative estimate of drug-likeness (QED) is 0.888. The van der Waals surface area contributed by atoms with Gasteiger partial charge in [0.15, 0.2) is 0 Å². The Kier molecular flexibility index (Phi) is 4.34. The van der Waals surface area contributed by atoms with Gasteiger partial charge in [-0.3, -0.25) is 9.78 Å². The van der Waals surface area contributed by atoms with Gasteiger partial charge in [-0.15, -0.1) is 11.3 Å². The molecule has 2 heterocycles. The van der Waals surface area contributed by atoms with E-state index in [4.69, 9.17) is 0 Å². The Bertz CT molecular complexity index is 581. The van der Waals surface area contributed by atoms with Gasteiger partial charge in [-0.05, 0) is 32.9 Å². The molecular weight excluding hydrogens is 272 g/mol. The van der Waals surface area contributed by atoms with E-state index in [9.17, 15) is 4.79 Å². The van der Waals surface area contributed by atoms with Crippen LogP contribution >= 0.6 is 11.3 Å². The first-order valence-electron chi connectivity index (χ1n) is 6.45. The van der Waals surface area contributed by atoms with E-state index in [2.05, 4.69) is 20.6 Å².